The Morgan fingerprint density at radius 1 is 0.637 bits per heavy atom. The summed E-state index contributed by atoms with van der Waals surface area (Å²) in [6, 6.07) is 0.131. The molecular formula is C73H129N3O4. The number of β-amino-alcohol motifs (C(OH)–C–C–N with tert-alkyl or cyclic N) is 1. The molecule has 7 nitrogen and oxygen atoms in total. The van der Waals surface area contributed by atoms with Crippen LogP contribution in [0.1, 0.15) is 245 Å². The van der Waals surface area contributed by atoms with Crippen molar-refractivity contribution in [1.82, 2.24) is 15.1 Å². The lowest BCUT2D eigenvalue weighted by Crippen LogP contribution is -2.44. The first-order chi connectivity index (χ1) is 37.3. The van der Waals surface area contributed by atoms with Crippen LogP contribution in [0.4, 0.5) is 0 Å². The highest BCUT2D eigenvalue weighted by Crippen LogP contribution is 2.61. The molecule has 0 amide bonds. The Morgan fingerprint density at radius 2 is 1.14 bits per heavy atom. The fourth-order valence-electron chi connectivity index (χ4n) is 17.3. The minimum Gasteiger partial charge on any atom is -0.395 e. The van der Waals surface area contributed by atoms with Gasteiger partial charge in [0.1, 0.15) is 0 Å². The van der Waals surface area contributed by atoms with Gasteiger partial charge in [-0.15, -0.1) is 0 Å². The Morgan fingerprint density at radius 3 is 1.65 bits per heavy atom. The van der Waals surface area contributed by atoms with Gasteiger partial charge in [0.25, 0.3) is 0 Å². The quantitative estimate of drug-likeness (QED) is 0.0990. The average molecular weight is 1110 g/mol. The molecule has 12 atom stereocenters. The van der Waals surface area contributed by atoms with Crippen molar-refractivity contribution in [2.24, 2.45) is 69.5 Å². The topological polar surface area (TPSA) is 99.4 Å². The molecule has 8 fully saturated rings. The van der Waals surface area contributed by atoms with Crippen LogP contribution in [0.25, 0.3) is 0 Å². The predicted molar refractivity (Wildman–Crippen MR) is 344 cm³/mol. The summed E-state index contributed by atoms with van der Waals surface area (Å²) in [5, 5.41) is 42.9. The smallest absolute Gasteiger partial charge is 0.0598 e. The molecule has 8 aliphatic rings. The summed E-state index contributed by atoms with van der Waals surface area (Å²) in [4.78, 5) is 4.76. The van der Waals surface area contributed by atoms with Crippen molar-refractivity contribution in [1.29, 1.82) is 0 Å². The fourth-order valence-corrected chi connectivity index (χ4v) is 17.3. The number of allylic oxidation sites excluding steroid dienone is 8. The van der Waals surface area contributed by atoms with E-state index in [0.717, 1.165) is 106 Å². The van der Waals surface area contributed by atoms with Crippen LogP contribution in [-0.2, 0) is 0 Å². The van der Waals surface area contributed by atoms with Gasteiger partial charge in [-0.1, -0.05) is 151 Å². The van der Waals surface area contributed by atoms with Gasteiger partial charge < -0.3 is 35.5 Å². The van der Waals surface area contributed by atoms with Crippen molar-refractivity contribution >= 4 is 0 Å². The Bertz CT molecular complexity index is 2020. The highest BCUT2D eigenvalue weighted by molar-refractivity contribution is 5.40. The molecule has 0 aromatic rings. The molecule has 2 heterocycles. The molecule has 6 saturated carbocycles. The molecular weight excluding hydrogens is 983 g/mol. The number of aliphatic hydroxyl groups excluding tert-OH is 3. The van der Waals surface area contributed by atoms with Gasteiger partial charge in [-0.05, 0) is 247 Å². The van der Waals surface area contributed by atoms with E-state index in [1.165, 1.54) is 145 Å². The van der Waals surface area contributed by atoms with E-state index in [-0.39, 0.29) is 25.7 Å². The molecule has 0 bridgehead atoms. The van der Waals surface area contributed by atoms with Gasteiger partial charge in [0.05, 0.1) is 24.4 Å². The summed E-state index contributed by atoms with van der Waals surface area (Å²) in [6.45, 7) is 44.6. The van der Waals surface area contributed by atoms with E-state index in [9.17, 15) is 15.3 Å². The van der Waals surface area contributed by atoms with E-state index in [1.54, 1.807) is 11.1 Å². The molecule has 0 aromatic carbocycles. The third-order valence-electron chi connectivity index (χ3n) is 22.3. The Hall–Kier alpha value is -1.84. The third kappa shape index (κ3) is 19.9. The highest BCUT2D eigenvalue weighted by Gasteiger charge is 2.52. The maximum Gasteiger partial charge on any atom is 0.0598 e. The maximum absolute atomic E-state index is 10.7. The van der Waals surface area contributed by atoms with Crippen LogP contribution in [0.3, 0.4) is 0 Å². The molecule has 2 aliphatic heterocycles. The molecule has 6 aliphatic carbocycles. The average Bonchev–Trinajstić information content (AvgIpc) is 3.93. The Labute approximate surface area is 494 Å². The number of nitrogens with one attached hydrogen (secondary N) is 1. The lowest BCUT2D eigenvalue weighted by molar-refractivity contribution is 0.0596. The number of likely N-dealkylation sites (tertiary alicyclic amines) is 2. The SMILES string of the molecule is C.C=C1/C(=C\C=C2/CCC[C@]3(C)[C@@H]([C@H](C)CCCC(C)(C)C)CC[C@@H]23)C[C@@H](C)C[C@@H]1C.C=C1/C(=C\C=C2/CCC[C@]3(C)[C@@H]([C@H](C)CCCC(C)(C)O)CC[C@@H]23)C[C@@H](O)C[C@@H]1NCCN1CCC(O)CC1.CC1CCN(CCO)CC1. The number of rotatable bonds is 17. The summed E-state index contributed by atoms with van der Waals surface area (Å²) in [5.74, 6) is 7.11. The van der Waals surface area contributed by atoms with Gasteiger partial charge in [0, 0.05) is 38.8 Å². The number of fused-ring (bicyclic) bond motifs is 2. The zero-order chi connectivity index (χ0) is 57.7. The van der Waals surface area contributed by atoms with Gasteiger partial charge in [0.2, 0.25) is 0 Å². The Balaban J connectivity index is 0.000000253. The molecule has 7 heteroatoms. The normalized spacial score (nSPS) is 35.0. The monoisotopic (exact) mass is 1110 g/mol. The summed E-state index contributed by atoms with van der Waals surface area (Å²) >= 11 is 0. The largest absolute Gasteiger partial charge is 0.395 e. The second-order valence-electron chi connectivity index (χ2n) is 30.6. The molecule has 0 spiro atoms. The summed E-state index contributed by atoms with van der Waals surface area (Å²) in [5.41, 5.74) is 9.52. The fraction of sp³-hybridized carbons (Fsp3) is 0.836. The molecule has 2 saturated heterocycles. The van der Waals surface area contributed by atoms with E-state index >= 15 is 0 Å². The van der Waals surface area contributed by atoms with Crippen molar-refractivity contribution in [3.05, 3.63) is 70.9 Å². The first-order valence-electron chi connectivity index (χ1n) is 33.3. The van der Waals surface area contributed by atoms with Gasteiger partial charge in [-0.3, -0.25) is 0 Å². The molecule has 0 aromatic heterocycles. The molecule has 460 valence electrons. The molecule has 0 radical (unpaired) electrons. The van der Waals surface area contributed by atoms with Crippen molar-refractivity contribution in [2.75, 3.05) is 52.4 Å². The van der Waals surface area contributed by atoms with Crippen molar-refractivity contribution in [3.8, 4) is 0 Å². The van der Waals surface area contributed by atoms with Crippen molar-refractivity contribution in [2.45, 2.75) is 268 Å². The van der Waals surface area contributed by atoms with E-state index in [1.807, 2.05) is 13.8 Å². The minimum absolute atomic E-state index is 0. The molecule has 0 unspecified atom stereocenters. The number of nitrogens with zero attached hydrogens (tertiary/aromatic N) is 2. The number of hydrogen-bond acceptors (Lipinski definition) is 7. The molecule has 5 N–H and O–H groups in total. The van der Waals surface area contributed by atoms with Gasteiger partial charge in [-0.2, -0.15) is 0 Å². The predicted octanol–water partition coefficient (Wildman–Crippen LogP) is 16.6. The lowest BCUT2D eigenvalue weighted by atomic mass is 9.60. The minimum atomic E-state index is -0.556. The van der Waals surface area contributed by atoms with Crippen LogP contribution in [0.2, 0.25) is 0 Å². The van der Waals surface area contributed by atoms with E-state index in [4.69, 9.17) is 5.11 Å². The second-order valence-corrected chi connectivity index (χ2v) is 30.6. The van der Waals surface area contributed by atoms with Gasteiger partial charge in [-0.25, -0.2) is 0 Å². The third-order valence-corrected chi connectivity index (χ3v) is 22.3. The summed E-state index contributed by atoms with van der Waals surface area (Å²) < 4.78 is 0. The summed E-state index contributed by atoms with van der Waals surface area (Å²) in [7, 11) is 0. The lowest BCUT2D eigenvalue weighted by Gasteiger charge is -2.44. The highest BCUT2D eigenvalue weighted by atomic mass is 16.3. The van der Waals surface area contributed by atoms with Crippen molar-refractivity contribution in [3.63, 3.8) is 0 Å². The van der Waals surface area contributed by atoms with Gasteiger partial charge >= 0.3 is 0 Å². The number of hydrogen-bond donors (Lipinski definition) is 5. The zero-order valence-electron chi connectivity index (χ0n) is 53.5. The molecule has 8 rings (SSSR count). The maximum atomic E-state index is 10.7. The number of aliphatic hydroxyl groups is 4. The standard InChI is InChI=1S/C34H58N2O3.C30H50.C8H17NO.CH4/c1-24(8-6-16-33(3,4)39)30-12-13-31-26(9-7-17-34(30,31)5)10-11-27-22-29(38)23-32(25(27)2)35-18-21-36-19-14-28(37)15-20-36;1-21-19-23(3)24(4)26(20-21)14-13-25-12-10-18-30(8)27(15-16-28(25)30)22(2)11-9-17-29(5,6)7;1-8-2-4-9(5-3-8)6-7-10;/h10-11,24,28-32,35,37-39H,2,6-9,12-23H2,1,3-5H3;13-14,21-23,27-28H,4,9-12,15-20H2,1-3,5-8H3;8,10H,2-7H2,1H3;1H4/b26-10+,27-11-;25-13+,26-14-;;/t24-,29-,30-,31+,32+,34-;21-,22+,23-,27+,28-,30+;;/m10../s1. The van der Waals surface area contributed by atoms with Crippen LogP contribution in [0, 0.1) is 69.5 Å². The van der Waals surface area contributed by atoms with Gasteiger partial charge in [0.15, 0.2) is 0 Å². The molecule has 80 heavy (non-hydrogen) atoms. The van der Waals surface area contributed by atoms with Crippen LogP contribution >= 0.6 is 0 Å². The van der Waals surface area contributed by atoms with Crippen LogP contribution in [-0.4, -0.2) is 106 Å². The zero-order valence-corrected chi connectivity index (χ0v) is 53.5. The Kier molecular flexibility index (Phi) is 27.2. The van der Waals surface area contributed by atoms with E-state index in [2.05, 4.69) is 122 Å². The number of piperidine rings is 2. The summed E-state index contributed by atoms with van der Waals surface area (Å²) in [6.07, 6.45) is 38.5. The van der Waals surface area contributed by atoms with Crippen LogP contribution in [0.15, 0.2) is 70.9 Å². The van der Waals surface area contributed by atoms with Crippen LogP contribution in [0.5, 0.6) is 0 Å². The second kappa shape index (κ2) is 31.5. The first-order valence-corrected chi connectivity index (χ1v) is 33.3. The van der Waals surface area contributed by atoms with E-state index < -0.39 is 5.60 Å². The first kappa shape index (κ1) is 68.9. The van der Waals surface area contributed by atoms with Crippen LogP contribution < -0.4 is 5.32 Å². The van der Waals surface area contributed by atoms with E-state index in [0.29, 0.717) is 47.0 Å². The van der Waals surface area contributed by atoms with Crippen molar-refractivity contribution < 1.29 is 20.4 Å².